The lowest BCUT2D eigenvalue weighted by Crippen LogP contribution is -2.63. The summed E-state index contributed by atoms with van der Waals surface area (Å²) in [4.78, 5) is 10.6. The topological polar surface area (TPSA) is 116 Å². The van der Waals surface area contributed by atoms with Gasteiger partial charge in [-0.1, -0.05) is 0 Å². The Morgan fingerprint density at radius 2 is 1.92 bits per heavy atom. The van der Waals surface area contributed by atoms with Gasteiger partial charge in [0.2, 0.25) is 5.91 Å². The van der Waals surface area contributed by atoms with E-state index < -0.39 is 30.3 Å². The molecule has 0 unspecified atom stereocenters. The molecule has 1 amide bonds. The molecule has 1 aliphatic rings. The molecule has 1 fully saturated rings. The molecule has 4 atom stereocenters. The number of rotatable bonds is 1. The molecule has 0 bridgehead atoms. The Morgan fingerprint density at radius 3 is 2.42 bits per heavy atom. The largest absolute Gasteiger partial charge is 0.389 e. The Hall–Kier alpha value is -0.690. The van der Waals surface area contributed by atoms with Crippen molar-refractivity contribution in [2.45, 2.75) is 24.4 Å². The van der Waals surface area contributed by atoms with E-state index in [0.29, 0.717) is 0 Å². The van der Waals surface area contributed by atoms with E-state index in [1.807, 2.05) is 0 Å². The zero-order valence-corrected chi connectivity index (χ0v) is 6.34. The first-order valence-corrected chi connectivity index (χ1v) is 3.61. The Balaban J connectivity index is 2.65. The summed E-state index contributed by atoms with van der Waals surface area (Å²) in [5.74, 6) is -0.742. The normalized spacial score (nSPS) is 42.6. The van der Waals surface area contributed by atoms with Gasteiger partial charge in [0.15, 0.2) is 0 Å². The standard InChI is InChI=1S/C6H12N2O4/c7-6(12)3-5(11)4(10)2(9)1-8-3/h2-5,8-11H,1H2,(H2,7,12)/t2-,3-,4-,5-/m1/s1. The number of aliphatic hydroxyl groups is 3. The zero-order valence-electron chi connectivity index (χ0n) is 6.34. The second kappa shape index (κ2) is 3.36. The van der Waals surface area contributed by atoms with Crippen LogP contribution < -0.4 is 11.1 Å². The molecule has 70 valence electrons. The molecule has 0 aromatic carbocycles. The SMILES string of the molecule is NC(=O)[C@@H]1NC[C@@H](O)[C@@H](O)[C@@H]1O. The quantitative estimate of drug-likeness (QED) is 0.284. The minimum Gasteiger partial charge on any atom is -0.389 e. The zero-order chi connectivity index (χ0) is 9.30. The summed E-state index contributed by atoms with van der Waals surface area (Å²) in [6, 6.07) is -0.983. The summed E-state index contributed by atoms with van der Waals surface area (Å²) in [6.45, 7) is 0.0475. The van der Waals surface area contributed by atoms with E-state index in [4.69, 9.17) is 15.9 Å². The average molecular weight is 176 g/mol. The first-order chi connectivity index (χ1) is 5.54. The smallest absolute Gasteiger partial charge is 0.237 e. The van der Waals surface area contributed by atoms with Gasteiger partial charge in [0.25, 0.3) is 0 Å². The maximum Gasteiger partial charge on any atom is 0.237 e. The minimum atomic E-state index is -1.34. The second-order valence-corrected chi connectivity index (χ2v) is 2.84. The molecular weight excluding hydrogens is 164 g/mol. The monoisotopic (exact) mass is 176 g/mol. The van der Waals surface area contributed by atoms with Gasteiger partial charge in [0.1, 0.15) is 18.2 Å². The van der Waals surface area contributed by atoms with Crippen molar-refractivity contribution < 1.29 is 20.1 Å². The second-order valence-electron chi connectivity index (χ2n) is 2.84. The van der Waals surface area contributed by atoms with Crippen LogP contribution in [-0.4, -0.2) is 52.1 Å². The van der Waals surface area contributed by atoms with E-state index in [9.17, 15) is 9.90 Å². The summed E-state index contributed by atoms with van der Waals surface area (Å²) >= 11 is 0. The lowest BCUT2D eigenvalue weighted by molar-refractivity contribution is -0.134. The summed E-state index contributed by atoms with van der Waals surface area (Å²) in [6.07, 6.45) is -3.72. The molecule has 1 heterocycles. The van der Waals surface area contributed by atoms with Crippen LogP contribution in [0.5, 0.6) is 0 Å². The first kappa shape index (κ1) is 9.40. The van der Waals surface area contributed by atoms with Crippen LogP contribution in [0.2, 0.25) is 0 Å². The van der Waals surface area contributed by atoms with Crippen LogP contribution in [0, 0.1) is 0 Å². The Kier molecular flexibility index (Phi) is 2.63. The molecule has 1 saturated heterocycles. The van der Waals surface area contributed by atoms with E-state index >= 15 is 0 Å². The number of amides is 1. The number of aliphatic hydroxyl groups excluding tert-OH is 3. The van der Waals surface area contributed by atoms with Crippen LogP contribution in [0.4, 0.5) is 0 Å². The van der Waals surface area contributed by atoms with Gasteiger partial charge in [-0.25, -0.2) is 0 Å². The fourth-order valence-corrected chi connectivity index (χ4v) is 1.18. The first-order valence-electron chi connectivity index (χ1n) is 3.61. The van der Waals surface area contributed by atoms with E-state index in [-0.39, 0.29) is 6.54 Å². The van der Waals surface area contributed by atoms with Gasteiger partial charge in [-0.3, -0.25) is 4.79 Å². The molecule has 0 aromatic heterocycles. The maximum absolute atomic E-state index is 10.6. The fraction of sp³-hybridized carbons (Fsp3) is 0.833. The number of piperidine rings is 1. The number of nitrogens with one attached hydrogen (secondary N) is 1. The number of nitrogens with two attached hydrogens (primary N) is 1. The highest BCUT2D eigenvalue weighted by Crippen LogP contribution is 2.09. The van der Waals surface area contributed by atoms with Crippen LogP contribution in [0.3, 0.4) is 0 Å². The summed E-state index contributed by atoms with van der Waals surface area (Å²) in [5, 5.41) is 29.9. The molecule has 0 radical (unpaired) electrons. The lowest BCUT2D eigenvalue weighted by Gasteiger charge is -2.34. The number of carbonyl (C=O) groups excluding carboxylic acids is 1. The third kappa shape index (κ3) is 1.56. The van der Waals surface area contributed by atoms with Crippen molar-refractivity contribution >= 4 is 5.91 Å². The molecule has 0 spiro atoms. The highest BCUT2D eigenvalue weighted by Gasteiger charge is 2.38. The van der Waals surface area contributed by atoms with Gasteiger partial charge in [0.05, 0.1) is 6.10 Å². The number of hydrogen-bond donors (Lipinski definition) is 5. The van der Waals surface area contributed by atoms with Crippen molar-refractivity contribution in [2.24, 2.45) is 5.73 Å². The van der Waals surface area contributed by atoms with Gasteiger partial charge in [-0.2, -0.15) is 0 Å². The average Bonchev–Trinajstić information content (AvgIpc) is 2.00. The third-order valence-corrected chi connectivity index (χ3v) is 1.94. The van der Waals surface area contributed by atoms with Crippen molar-refractivity contribution in [1.82, 2.24) is 5.32 Å². The van der Waals surface area contributed by atoms with Crippen LogP contribution in [0.1, 0.15) is 0 Å². The van der Waals surface area contributed by atoms with Crippen LogP contribution >= 0.6 is 0 Å². The predicted octanol–water partition coefficient (Wildman–Crippen LogP) is -3.47. The highest BCUT2D eigenvalue weighted by atomic mass is 16.4. The molecule has 6 nitrogen and oxygen atoms in total. The summed E-state index contributed by atoms with van der Waals surface area (Å²) in [5.41, 5.74) is 4.91. The number of carbonyl (C=O) groups is 1. The molecule has 6 heteroatoms. The van der Waals surface area contributed by atoms with Crippen LogP contribution in [0.25, 0.3) is 0 Å². The van der Waals surface area contributed by atoms with Gasteiger partial charge >= 0.3 is 0 Å². The Morgan fingerprint density at radius 1 is 1.33 bits per heavy atom. The van der Waals surface area contributed by atoms with Crippen molar-refractivity contribution in [1.29, 1.82) is 0 Å². The Bertz CT molecular complexity index is 186. The third-order valence-electron chi connectivity index (χ3n) is 1.94. The van der Waals surface area contributed by atoms with Crippen LogP contribution in [0.15, 0.2) is 0 Å². The van der Waals surface area contributed by atoms with Crippen LogP contribution in [-0.2, 0) is 4.79 Å². The maximum atomic E-state index is 10.6. The summed E-state index contributed by atoms with van der Waals surface area (Å²) < 4.78 is 0. The predicted molar refractivity (Wildman–Crippen MR) is 39.0 cm³/mol. The summed E-state index contributed by atoms with van der Waals surface area (Å²) in [7, 11) is 0. The van der Waals surface area contributed by atoms with Gasteiger partial charge < -0.3 is 26.4 Å². The Labute approximate surface area is 69.0 Å². The fourth-order valence-electron chi connectivity index (χ4n) is 1.18. The van der Waals surface area contributed by atoms with Gasteiger partial charge in [0, 0.05) is 6.54 Å². The number of β-amino-alcohol motifs (C(OH)–C–C–N with tert-alkyl or cyclic N) is 1. The highest BCUT2D eigenvalue weighted by molar-refractivity contribution is 5.80. The molecule has 0 saturated carbocycles. The number of hydrogen-bond acceptors (Lipinski definition) is 5. The number of primary amides is 1. The molecule has 1 rings (SSSR count). The van der Waals surface area contributed by atoms with Crippen molar-refractivity contribution in [3.05, 3.63) is 0 Å². The molecule has 0 aromatic rings. The lowest BCUT2D eigenvalue weighted by atomic mass is 9.96. The minimum absolute atomic E-state index is 0.0475. The van der Waals surface area contributed by atoms with E-state index in [2.05, 4.69) is 5.32 Å². The molecule has 12 heavy (non-hydrogen) atoms. The van der Waals surface area contributed by atoms with Gasteiger partial charge in [-0.05, 0) is 0 Å². The van der Waals surface area contributed by atoms with E-state index in [1.54, 1.807) is 0 Å². The van der Waals surface area contributed by atoms with Crippen molar-refractivity contribution in [3.63, 3.8) is 0 Å². The van der Waals surface area contributed by atoms with E-state index in [0.717, 1.165) is 0 Å². The molecular formula is C6H12N2O4. The van der Waals surface area contributed by atoms with Crippen molar-refractivity contribution in [3.8, 4) is 0 Å². The van der Waals surface area contributed by atoms with Gasteiger partial charge in [-0.15, -0.1) is 0 Å². The molecule has 0 aliphatic carbocycles. The molecule has 1 aliphatic heterocycles. The molecule has 6 N–H and O–H groups in total. The van der Waals surface area contributed by atoms with Crippen molar-refractivity contribution in [2.75, 3.05) is 6.54 Å². The van der Waals surface area contributed by atoms with E-state index in [1.165, 1.54) is 0 Å².